The van der Waals surface area contributed by atoms with E-state index in [9.17, 15) is 14.4 Å². The summed E-state index contributed by atoms with van der Waals surface area (Å²) in [5.74, 6) is 0.286. The molecule has 0 bridgehead atoms. The highest BCUT2D eigenvalue weighted by atomic mass is 16.5. The van der Waals surface area contributed by atoms with Gasteiger partial charge in [-0.3, -0.25) is 14.4 Å². The predicted octanol–water partition coefficient (Wildman–Crippen LogP) is 9.11. The Kier molecular flexibility index (Phi) is 10.7. The fourth-order valence-electron chi connectivity index (χ4n) is 6.35. The van der Waals surface area contributed by atoms with Crippen LogP contribution in [0.2, 0.25) is 0 Å². The summed E-state index contributed by atoms with van der Waals surface area (Å²) in [5.41, 5.74) is 3.01. The molecule has 55 heavy (non-hydrogen) atoms. The summed E-state index contributed by atoms with van der Waals surface area (Å²) in [6, 6.07) is 41.2. The van der Waals surface area contributed by atoms with Gasteiger partial charge in [0.25, 0.3) is 0 Å². The largest absolute Gasteiger partial charge is 0.495 e. The second-order valence-electron chi connectivity index (χ2n) is 12.4. The van der Waals surface area contributed by atoms with Crippen LogP contribution >= 0.6 is 0 Å². The van der Waals surface area contributed by atoms with Gasteiger partial charge in [-0.1, -0.05) is 109 Å². The van der Waals surface area contributed by atoms with Crippen LogP contribution in [-0.2, 0) is 13.2 Å². The number of hydrogen-bond acceptors (Lipinski definition) is 9. The first-order valence-corrected chi connectivity index (χ1v) is 17.4. The second-order valence-corrected chi connectivity index (χ2v) is 12.4. The van der Waals surface area contributed by atoms with Crippen LogP contribution in [0.1, 0.15) is 43.0 Å². The summed E-state index contributed by atoms with van der Waals surface area (Å²) >= 11 is 0. The van der Waals surface area contributed by atoms with Crippen molar-refractivity contribution in [2.24, 2.45) is 0 Å². The van der Waals surface area contributed by atoms with Crippen molar-refractivity contribution in [3.05, 3.63) is 183 Å². The number of carbonyl (C=O) groups excluding carboxylic acids is 2. The van der Waals surface area contributed by atoms with Crippen LogP contribution in [0.25, 0.3) is 22.3 Å². The smallest absolute Gasteiger partial charge is 0.205 e. The number of hydrogen-bond donors (Lipinski definition) is 0. The molecule has 1 aromatic heterocycles. The second kappa shape index (κ2) is 16.3. The van der Waals surface area contributed by atoms with Crippen LogP contribution < -0.4 is 29.1 Å². The number of benzene rings is 6. The highest BCUT2D eigenvalue weighted by molar-refractivity contribution is 6.18. The van der Waals surface area contributed by atoms with E-state index in [1.807, 2.05) is 66.7 Å². The molecule has 0 spiro atoms. The van der Waals surface area contributed by atoms with Gasteiger partial charge in [-0.2, -0.15) is 0 Å². The molecule has 7 rings (SSSR count). The molecule has 6 aromatic carbocycles. The molecule has 0 radical (unpaired) electrons. The SMILES string of the molecule is COc1c(C(=O)c2ccccc2OCc2ccccc2)c(OC)c2c(=O)cc(-c3ccc(C(=O)c4ccccc4OCc4ccccc4)cc3)oc2c1OC. The lowest BCUT2D eigenvalue weighted by atomic mass is 9.97. The van der Waals surface area contributed by atoms with Crippen molar-refractivity contribution in [2.75, 3.05) is 21.3 Å². The van der Waals surface area contributed by atoms with Crippen LogP contribution in [0.15, 0.2) is 149 Å². The third-order valence-electron chi connectivity index (χ3n) is 9.05. The van der Waals surface area contributed by atoms with Crippen LogP contribution in [0.5, 0.6) is 28.7 Å². The van der Waals surface area contributed by atoms with Gasteiger partial charge in [0.15, 0.2) is 22.5 Å². The van der Waals surface area contributed by atoms with Gasteiger partial charge in [0.1, 0.15) is 47.2 Å². The Morgan fingerprint density at radius 1 is 0.545 bits per heavy atom. The van der Waals surface area contributed by atoms with Crippen molar-refractivity contribution < 1.29 is 37.7 Å². The van der Waals surface area contributed by atoms with Gasteiger partial charge in [0.2, 0.25) is 11.5 Å². The van der Waals surface area contributed by atoms with E-state index in [0.29, 0.717) is 34.8 Å². The lowest BCUT2D eigenvalue weighted by molar-refractivity contribution is 0.102. The molecule has 0 unspecified atom stereocenters. The van der Waals surface area contributed by atoms with E-state index in [-0.39, 0.29) is 57.5 Å². The van der Waals surface area contributed by atoms with Crippen LogP contribution in [0.3, 0.4) is 0 Å². The third-order valence-corrected chi connectivity index (χ3v) is 9.05. The molecule has 0 saturated carbocycles. The molecule has 7 aromatic rings. The Balaban J connectivity index is 1.23. The van der Waals surface area contributed by atoms with E-state index in [4.69, 9.17) is 28.1 Å². The van der Waals surface area contributed by atoms with Crippen LogP contribution in [0.4, 0.5) is 0 Å². The van der Waals surface area contributed by atoms with Gasteiger partial charge in [-0.05, 0) is 35.4 Å². The van der Waals surface area contributed by atoms with E-state index in [1.54, 1.807) is 66.7 Å². The number of rotatable bonds is 14. The molecule has 0 fully saturated rings. The maximum absolute atomic E-state index is 14.4. The maximum Gasteiger partial charge on any atom is 0.205 e. The Morgan fingerprint density at radius 2 is 1.04 bits per heavy atom. The highest BCUT2D eigenvalue weighted by Gasteiger charge is 2.32. The summed E-state index contributed by atoms with van der Waals surface area (Å²) in [5, 5.41) is -0.00570. The molecule has 0 aliphatic rings. The van der Waals surface area contributed by atoms with Crippen LogP contribution in [0, 0.1) is 0 Å². The van der Waals surface area contributed by atoms with E-state index in [2.05, 4.69) is 0 Å². The first kappa shape index (κ1) is 36.2. The molecule has 0 saturated heterocycles. The number of fused-ring (bicyclic) bond motifs is 1. The van der Waals surface area contributed by atoms with Gasteiger partial charge in [0.05, 0.1) is 32.5 Å². The van der Waals surface area contributed by atoms with Crippen molar-refractivity contribution in [1.29, 1.82) is 0 Å². The van der Waals surface area contributed by atoms with E-state index in [0.717, 1.165) is 11.1 Å². The minimum absolute atomic E-state index is 0.00570. The average Bonchev–Trinajstić information content (AvgIpc) is 3.24. The van der Waals surface area contributed by atoms with Gasteiger partial charge in [-0.25, -0.2) is 0 Å². The average molecular weight is 733 g/mol. The summed E-state index contributed by atoms with van der Waals surface area (Å²) in [6.07, 6.45) is 0. The Bertz CT molecular complexity index is 2540. The Morgan fingerprint density at radius 3 is 1.56 bits per heavy atom. The van der Waals surface area contributed by atoms with Crippen molar-refractivity contribution in [3.63, 3.8) is 0 Å². The number of ether oxygens (including phenoxy) is 5. The van der Waals surface area contributed by atoms with Gasteiger partial charge < -0.3 is 28.1 Å². The highest BCUT2D eigenvalue weighted by Crippen LogP contribution is 2.47. The summed E-state index contributed by atoms with van der Waals surface area (Å²) in [4.78, 5) is 42.0. The predicted molar refractivity (Wildman–Crippen MR) is 209 cm³/mol. The quantitative estimate of drug-likeness (QED) is 0.101. The zero-order valence-electron chi connectivity index (χ0n) is 30.4. The molecule has 9 heteroatoms. The minimum Gasteiger partial charge on any atom is -0.495 e. The van der Waals surface area contributed by atoms with Crippen LogP contribution in [-0.4, -0.2) is 32.9 Å². The zero-order valence-corrected chi connectivity index (χ0v) is 30.4. The first-order chi connectivity index (χ1) is 26.9. The molecule has 0 atom stereocenters. The normalized spacial score (nSPS) is 10.8. The molecule has 274 valence electrons. The molecule has 0 N–H and O–H groups in total. The van der Waals surface area contributed by atoms with Crippen molar-refractivity contribution >= 4 is 22.5 Å². The Hall–Kier alpha value is -7.13. The molecule has 9 nitrogen and oxygen atoms in total. The third kappa shape index (κ3) is 7.41. The molecular formula is C46H36O9. The lowest BCUT2D eigenvalue weighted by Crippen LogP contribution is -2.13. The fourth-order valence-corrected chi connectivity index (χ4v) is 6.35. The standard InChI is InChI=1S/C46H36O9/c1-50-43-39-35(47)26-38(31-22-24-32(25-23-31)41(48)33-18-10-12-20-36(33)53-27-29-14-6-4-7-15-29)55-45(39)46(52-3)44(51-2)40(43)42(49)34-19-11-13-21-37(34)54-28-30-16-8-5-9-17-30/h4-26H,27-28H2,1-3H3. The summed E-state index contributed by atoms with van der Waals surface area (Å²) in [7, 11) is 4.15. The fraction of sp³-hybridized carbons (Fsp3) is 0.109. The summed E-state index contributed by atoms with van der Waals surface area (Å²) in [6.45, 7) is 0.550. The maximum atomic E-state index is 14.4. The van der Waals surface area contributed by atoms with Gasteiger partial charge in [-0.15, -0.1) is 0 Å². The van der Waals surface area contributed by atoms with Crippen molar-refractivity contribution in [1.82, 2.24) is 0 Å². The van der Waals surface area contributed by atoms with E-state index in [1.165, 1.54) is 27.4 Å². The van der Waals surface area contributed by atoms with E-state index < -0.39 is 11.2 Å². The van der Waals surface area contributed by atoms with Gasteiger partial charge in [0, 0.05) is 17.2 Å². The number of methoxy groups -OCH3 is 3. The Labute approximate surface area is 317 Å². The minimum atomic E-state index is -0.506. The monoisotopic (exact) mass is 732 g/mol. The van der Waals surface area contributed by atoms with Crippen molar-refractivity contribution in [2.45, 2.75) is 13.2 Å². The van der Waals surface area contributed by atoms with E-state index >= 15 is 0 Å². The zero-order chi connectivity index (χ0) is 38.3. The number of ketones is 2. The molecular weight excluding hydrogens is 696 g/mol. The molecule has 1 heterocycles. The molecule has 0 aliphatic carbocycles. The van der Waals surface area contributed by atoms with Crippen molar-refractivity contribution in [3.8, 4) is 40.1 Å². The van der Waals surface area contributed by atoms with Gasteiger partial charge >= 0.3 is 0 Å². The summed E-state index contributed by atoms with van der Waals surface area (Å²) < 4.78 is 35.8. The number of carbonyl (C=O) groups is 2. The first-order valence-electron chi connectivity index (χ1n) is 17.4. The molecule has 0 aliphatic heterocycles. The molecule has 0 amide bonds. The topological polar surface area (TPSA) is 111 Å². The lowest BCUT2D eigenvalue weighted by Gasteiger charge is -2.19. The number of para-hydroxylation sites is 2.